The third-order valence-electron chi connectivity index (χ3n) is 6.95. The maximum Gasteiger partial charge on any atom is 0.237 e. The second kappa shape index (κ2) is 8.88. The predicted octanol–water partition coefficient (Wildman–Crippen LogP) is 4.39. The van der Waals surface area contributed by atoms with Crippen LogP contribution in [0.5, 0.6) is 5.88 Å². The fraction of sp³-hybridized carbons (Fsp3) is 0.259. The van der Waals surface area contributed by atoms with Crippen molar-refractivity contribution < 1.29 is 13.9 Å². The topological polar surface area (TPSA) is 127 Å². The molecule has 1 aliphatic carbocycles. The Balaban J connectivity index is 1.34. The Bertz CT molecular complexity index is 1570. The first-order chi connectivity index (χ1) is 17.9. The summed E-state index contributed by atoms with van der Waals surface area (Å²) in [6.07, 6.45) is 4.88. The van der Waals surface area contributed by atoms with Crippen LogP contribution >= 0.6 is 0 Å². The number of nitrogens with zero attached hydrogens (tertiary/aromatic N) is 3. The number of rotatable bonds is 4. The van der Waals surface area contributed by atoms with Crippen LogP contribution < -0.4 is 26.4 Å². The molecule has 0 fully saturated rings. The van der Waals surface area contributed by atoms with E-state index in [2.05, 4.69) is 30.9 Å². The lowest BCUT2D eigenvalue weighted by atomic mass is 9.98. The maximum atomic E-state index is 15.4. The molecule has 37 heavy (non-hydrogen) atoms. The standard InChI is InChI=1S/C27H26FN7O2/c1-13-19(11-31-26-25(13)30-7-8-37-26)18-10-22-20(24(29)23(18)28)12-32-27(35-22)34-16-4-5-17-15(9-16)3-6-21(17)33-14(2)36/h4-5,9-12,21,30H,3,6-8,29H2,1-2H3,(H,33,36)(H,32,34,35). The van der Waals surface area contributed by atoms with Gasteiger partial charge in [-0.1, -0.05) is 6.07 Å². The van der Waals surface area contributed by atoms with Gasteiger partial charge in [0.1, 0.15) is 12.3 Å². The zero-order chi connectivity index (χ0) is 25.7. The molecule has 0 spiro atoms. The van der Waals surface area contributed by atoms with Crippen molar-refractivity contribution in [1.29, 1.82) is 0 Å². The molecule has 1 atom stereocenters. The van der Waals surface area contributed by atoms with Crippen molar-refractivity contribution in [2.24, 2.45) is 0 Å². The summed E-state index contributed by atoms with van der Waals surface area (Å²) in [5, 5.41) is 9.95. The molecular formula is C27H26FN7O2. The molecule has 0 saturated carbocycles. The first-order valence-electron chi connectivity index (χ1n) is 12.2. The van der Waals surface area contributed by atoms with Crippen LogP contribution in [0.1, 0.15) is 36.1 Å². The minimum atomic E-state index is -0.536. The van der Waals surface area contributed by atoms with Crippen LogP contribution in [-0.4, -0.2) is 34.0 Å². The highest BCUT2D eigenvalue weighted by Crippen LogP contribution is 2.39. The van der Waals surface area contributed by atoms with Crippen molar-refractivity contribution in [3.63, 3.8) is 0 Å². The molecule has 10 heteroatoms. The monoisotopic (exact) mass is 499 g/mol. The highest BCUT2D eigenvalue weighted by molar-refractivity contribution is 5.96. The quantitative estimate of drug-likeness (QED) is 0.305. The summed E-state index contributed by atoms with van der Waals surface area (Å²) >= 11 is 0. The largest absolute Gasteiger partial charge is 0.474 e. The Morgan fingerprint density at radius 2 is 2.08 bits per heavy atom. The lowest BCUT2D eigenvalue weighted by molar-refractivity contribution is -0.119. The normalized spacial score (nSPS) is 15.9. The molecule has 2 aromatic heterocycles. The number of halogens is 1. The highest BCUT2D eigenvalue weighted by atomic mass is 19.1. The Morgan fingerprint density at radius 3 is 2.92 bits per heavy atom. The Labute approximate surface area is 212 Å². The van der Waals surface area contributed by atoms with Crippen LogP contribution in [0.25, 0.3) is 22.0 Å². The fourth-order valence-electron chi connectivity index (χ4n) is 5.14. The Morgan fingerprint density at radius 1 is 1.22 bits per heavy atom. The van der Waals surface area contributed by atoms with Crippen LogP contribution in [0.2, 0.25) is 0 Å². The van der Waals surface area contributed by atoms with Crippen LogP contribution in [0, 0.1) is 12.7 Å². The fourth-order valence-corrected chi connectivity index (χ4v) is 5.14. The van der Waals surface area contributed by atoms with E-state index in [4.69, 9.17) is 10.5 Å². The summed E-state index contributed by atoms with van der Waals surface area (Å²) in [5.41, 5.74) is 12.3. The van der Waals surface area contributed by atoms with Crippen molar-refractivity contribution in [3.8, 4) is 17.0 Å². The van der Waals surface area contributed by atoms with Gasteiger partial charge in [-0.05, 0) is 54.7 Å². The number of carbonyl (C=O) groups excluding carboxylic acids is 1. The summed E-state index contributed by atoms with van der Waals surface area (Å²) in [6.45, 7) is 4.61. The van der Waals surface area contributed by atoms with Gasteiger partial charge in [-0.25, -0.2) is 19.3 Å². The molecule has 0 radical (unpaired) electrons. The molecule has 0 saturated heterocycles. The van der Waals surface area contributed by atoms with Crippen LogP contribution in [0.4, 0.5) is 27.4 Å². The molecule has 4 aromatic rings. The number of anilines is 4. The minimum absolute atomic E-state index is 0.0121. The second-order valence-corrected chi connectivity index (χ2v) is 9.36. The number of ether oxygens (including phenoxy) is 1. The molecular weight excluding hydrogens is 473 g/mol. The number of amides is 1. The first kappa shape index (κ1) is 23.0. The number of hydrogen-bond donors (Lipinski definition) is 4. The molecule has 5 N–H and O–H groups in total. The van der Waals surface area contributed by atoms with Gasteiger partial charge in [0.05, 0.1) is 17.2 Å². The van der Waals surface area contributed by atoms with E-state index in [1.807, 2.05) is 25.1 Å². The van der Waals surface area contributed by atoms with Crippen LogP contribution in [-0.2, 0) is 11.2 Å². The number of fused-ring (bicyclic) bond motifs is 3. The van der Waals surface area contributed by atoms with Gasteiger partial charge in [0, 0.05) is 48.1 Å². The first-order valence-corrected chi connectivity index (χ1v) is 12.2. The average Bonchev–Trinajstić information content (AvgIpc) is 3.28. The molecule has 1 aliphatic heterocycles. The number of benzene rings is 2. The maximum absolute atomic E-state index is 15.4. The van der Waals surface area contributed by atoms with Gasteiger partial charge in [0.15, 0.2) is 5.82 Å². The number of aryl methyl sites for hydroxylation is 1. The summed E-state index contributed by atoms with van der Waals surface area (Å²) < 4.78 is 21.0. The molecule has 3 heterocycles. The van der Waals surface area contributed by atoms with Gasteiger partial charge in [-0.15, -0.1) is 0 Å². The third-order valence-corrected chi connectivity index (χ3v) is 6.95. The number of nitrogens with two attached hydrogens (primary N) is 1. The Hall–Kier alpha value is -4.47. The molecule has 1 amide bonds. The highest BCUT2D eigenvalue weighted by Gasteiger charge is 2.24. The van der Waals surface area contributed by atoms with Gasteiger partial charge in [-0.2, -0.15) is 0 Å². The Kier molecular flexibility index (Phi) is 5.51. The van der Waals surface area contributed by atoms with Crippen molar-refractivity contribution in [2.45, 2.75) is 32.7 Å². The van der Waals surface area contributed by atoms with Gasteiger partial charge in [-0.3, -0.25) is 4.79 Å². The van der Waals surface area contributed by atoms with E-state index in [1.165, 1.54) is 18.7 Å². The van der Waals surface area contributed by atoms with Crippen molar-refractivity contribution >= 4 is 39.8 Å². The molecule has 2 aromatic carbocycles. The molecule has 188 valence electrons. The SMILES string of the molecule is CC(=O)NC1CCc2cc(Nc3ncc4c(N)c(F)c(-c5cnc6c(c5C)NCCO6)cc4n3)ccc21. The smallest absolute Gasteiger partial charge is 0.237 e. The van der Waals surface area contributed by atoms with Crippen LogP contribution in [0.3, 0.4) is 0 Å². The van der Waals surface area contributed by atoms with Crippen molar-refractivity contribution in [1.82, 2.24) is 20.3 Å². The molecule has 1 unspecified atom stereocenters. The zero-order valence-electron chi connectivity index (χ0n) is 20.5. The van der Waals surface area contributed by atoms with Crippen molar-refractivity contribution in [3.05, 3.63) is 59.2 Å². The van der Waals surface area contributed by atoms with Gasteiger partial charge >= 0.3 is 0 Å². The van der Waals surface area contributed by atoms with E-state index in [1.54, 1.807) is 12.3 Å². The number of nitrogens with one attached hydrogen (secondary N) is 3. The average molecular weight is 500 g/mol. The summed E-state index contributed by atoms with van der Waals surface area (Å²) in [7, 11) is 0. The predicted molar refractivity (Wildman–Crippen MR) is 140 cm³/mol. The van der Waals surface area contributed by atoms with Crippen LogP contribution in [0.15, 0.2) is 36.7 Å². The number of nitrogen functional groups attached to an aromatic ring is 1. The van der Waals surface area contributed by atoms with Crippen molar-refractivity contribution in [2.75, 3.05) is 29.5 Å². The molecule has 2 aliphatic rings. The summed E-state index contributed by atoms with van der Waals surface area (Å²) in [6, 6.07) is 7.72. The number of hydrogen-bond acceptors (Lipinski definition) is 8. The third kappa shape index (κ3) is 4.04. The van der Waals surface area contributed by atoms with E-state index in [-0.39, 0.29) is 17.6 Å². The minimum Gasteiger partial charge on any atom is -0.474 e. The van der Waals surface area contributed by atoms with E-state index < -0.39 is 5.82 Å². The molecule has 9 nitrogen and oxygen atoms in total. The number of carbonyl (C=O) groups is 1. The lowest BCUT2D eigenvalue weighted by Crippen LogP contribution is -2.24. The molecule has 6 rings (SSSR count). The van der Waals surface area contributed by atoms with Gasteiger partial charge in [0.2, 0.25) is 17.7 Å². The summed E-state index contributed by atoms with van der Waals surface area (Å²) in [5.74, 6) is 0.306. The zero-order valence-corrected chi connectivity index (χ0v) is 20.5. The van der Waals surface area contributed by atoms with E-state index in [9.17, 15) is 4.79 Å². The number of pyridine rings is 1. The van der Waals surface area contributed by atoms with Gasteiger partial charge < -0.3 is 26.4 Å². The van der Waals surface area contributed by atoms with E-state index in [0.29, 0.717) is 47.0 Å². The van der Waals surface area contributed by atoms with E-state index >= 15 is 4.39 Å². The lowest BCUT2D eigenvalue weighted by Gasteiger charge is -2.22. The van der Waals surface area contributed by atoms with Gasteiger partial charge in [0.25, 0.3) is 0 Å². The molecule has 0 bridgehead atoms. The number of aromatic nitrogens is 3. The van der Waals surface area contributed by atoms with E-state index in [0.717, 1.165) is 35.3 Å². The second-order valence-electron chi connectivity index (χ2n) is 9.36. The summed E-state index contributed by atoms with van der Waals surface area (Å²) in [4.78, 5) is 24.9.